The second-order valence-electron chi connectivity index (χ2n) is 5.06. The van der Waals surface area contributed by atoms with Gasteiger partial charge in [-0.1, -0.05) is 0 Å². The second-order valence-corrected chi connectivity index (χ2v) is 5.98. The zero-order valence-corrected chi connectivity index (χ0v) is 14.1. The van der Waals surface area contributed by atoms with Crippen LogP contribution in [-0.2, 0) is 6.54 Å². The van der Waals surface area contributed by atoms with Gasteiger partial charge in [0.2, 0.25) is 0 Å². The molecule has 24 heavy (non-hydrogen) atoms. The van der Waals surface area contributed by atoms with E-state index in [-0.39, 0.29) is 12.1 Å². The molecule has 0 atom stereocenters. The maximum absolute atomic E-state index is 13.5. The monoisotopic (exact) mass is 402 g/mol. The first kappa shape index (κ1) is 18.3. The van der Waals surface area contributed by atoms with Gasteiger partial charge in [-0.05, 0) is 47.0 Å². The number of benzene rings is 1. The average molecular weight is 403 g/mol. The van der Waals surface area contributed by atoms with Gasteiger partial charge in [-0.15, -0.1) is 0 Å². The molecule has 0 unspecified atom stereocenters. The Hall–Kier alpha value is -2.09. The van der Waals surface area contributed by atoms with Crippen molar-refractivity contribution in [2.45, 2.75) is 19.4 Å². The molecule has 0 radical (unpaired) electrons. The van der Waals surface area contributed by atoms with Gasteiger partial charge < -0.3 is 9.88 Å². The molecule has 1 aromatic carbocycles. The molecule has 0 bridgehead atoms. The largest absolute Gasteiger partial charge is 0.352 e. The standard InChI is InChI=1S/C16H14BrF3N2O2/c17-10-3-6-13(23)22(9-10)8-2-1-7-21-16(24)11-4-5-12(18)15(20)14(11)19/h3-6,9H,1-2,7-8H2,(H,21,24). The third kappa shape index (κ3) is 4.47. The smallest absolute Gasteiger partial charge is 0.254 e. The molecule has 1 N–H and O–H groups in total. The van der Waals surface area contributed by atoms with Crippen molar-refractivity contribution in [2.24, 2.45) is 0 Å². The molecule has 0 aliphatic rings. The third-order valence-electron chi connectivity index (χ3n) is 3.34. The Bertz CT molecular complexity index is 808. The lowest BCUT2D eigenvalue weighted by Gasteiger charge is -2.08. The molecule has 2 rings (SSSR count). The van der Waals surface area contributed by atoms with Crippen LogP contribution in [0.25, 0.3) is 0 Å². The number of nitrogens with one attached hydrogen (secondary N) is 1. The van der Waals surface area contributed by atoms with Crippen molar-refractivity contribution in [3.05, 3.63) is 68.3 Å². The number of hydrogen-bond acceptors (Lipinski definition) is 2. The van der Waals surface area contributed by atoms with E-state index in [0.29, 0.717) is 25.5 Å². The highest BCUT2D eigenvalue weighted by atomic mass is 79.9. The van der Waals surface area contributed by atoms with E-state index in [1.807, 2.05) is 0 Å². The van der Waals surface area contributed by atoms with Crippen LogP contribution in [0.1, 0.15) is 23.2 Å². The van der Waals surface area contributed by atoms with Crippen LogP contribution in [0, 0.1) is 17.5 Å². The minimum Gasteiger partial charge on any atom is -0.352 e. The Balaban J connectivity index is 1.82. The topological polar surface area (TPSA) is 51.1 Å². The van der Waals surface area contributed by atoms with Crippen LogP contribution in [0.3, 0.4) is 0 Å². The van der Waals surface area contributed by atoms with Crippen molar-refractivity contribution in [3.63, 3.8) is 0 Å². The van der Waals surface area contributed by atoms with E-state index >= 15 is 0 Å². The molecule has 0 saturated carbocycles. The molecule has 0 spiro atoms. The van der Waals surface area contributed by atoms with E-state index in [0.717, 1.165) is 10.5 Å². The number of aryl methyl sites for hydroxylation is 1. The fourth-order valence-electron chi connectivity index (χ4n) is 2.08. The molecule has 2 aromatic rings. The highest BCUT2D eigenvalue weighted by molar-refractivity contribution is 9.10. The fraction of sp³-hybridized carbons (Fsp3) is 0.250. The van der Waals surface area contributed by atoms with Gasteiger partial charge in [0, 0.05) is 29.8 Å². The Morgan fingerprint density at radius 3 is 2.58 bits per heavy atom. The van der Waals surface area contributed by atoms with Gasteiger partial charge in [-0.2, -0.15) is 0 Å². The SMILES string of the molecule is O=C(NCCCCn1cc(Br)ccc1=O)c1ccc(F)c(F)c1F. The molecule has 1 aromatic heterocycles. The number of amides is 1. The van der Waals surface area contributed by atoms with Gasteiger partial charge in [0.1, 0.15) is 0 Å². The first-order valence-corrected chi connectivity index (χ1v) is 7.97. The number of unbranched alkanes of at least 4 members (excludes halogenated alkanes) is 1. The lowest BCUT2D eigenvalue weighted by Crippen LogP contribution is -2.26. The highest BCUT2D eigenvalue weighted by Gasteiger charge is 2.18. The molecule has 1 amide bonds. The summed E-state index contributed by atoms with van der Waals surface area (Å²) in [5.41, 5.74) is -0.678. The number of halogens is 4. The molecule has 0 aliphatic heterocycles. The number of carbonyl (C=O) groups is 1. The van der Waals surface area contributed by atoms with Crippen molar-refractivity contribution in [2.75, 3.05) is 6.54 Å². The average Bonchev–Trinajstić information content (AvgIpc) is 2.55. The Kier molecular flexibility index (Phi) is 6.19. The minimum absolute atomic E-state index is 0.133. The highest BCUT2D eigenvalue weighted by Crippen LogP contribution is 2.15. The predicted octanol–water partition coefficient (Wildman–Crippen LogP) is 3.24. The number of hydrogen-bond donors (Lipinski definition) is 1. The van der Waals surface area contributed by atoms with Crippen LogP contribution in [0.4, 0.5) is 13.2 Å². The van der Waals surface area contributed by atoms with Crippen LogP contribution < -0.4 is 10.9 Å². The fourth-order valence-corrected chi connectivity index (χ4v) is 2.46. The summed E-state index contributed by atoms with van der Waals surface area (Å²) in [5, 5.41) is 2.43. The van der Waals surface area contributed by atoms with Gasteiger partial charge in [-0.3, -0.25) is 9.59 Å². The zero-order chi connectivity index (χ0) is 17.7. The molecule has 8 heteroatoms. The van der Waals surface area contributed by atoms with Crippen LogP contribution in [0.2, 0.25) is 0 Å². The number of carbonyl (C=O) groups excluding carboxylic acids is 1. The van der Waals surface area contributed by atoms with Gasteiger partial charge in [0.05, 0.1) is 5.56 Å². The number of pyridine rings is 1. The molecule has 0 aliphatic carbocycles. The quantitative estimate of drug-likeness (QED) is 0.595. The molecule has 0 saturated heterocycles. The molecule has 128 valence electrons. The third-order valence-corrected chi connectivity index (χ3v) is 3.81. The predicted molar refractivity (Wildman–Crippen MR) is 86.3 cm³/mol. The summed E-state index contributed by atoms with van der Waals surface area (Å²) in [4.78, 5) is 23.3. The maximum Gasteiger partial charge on any atom is 0.254 e. The van der Waals surface area contributed by atoms with E-state index in [1.54, 1.807) is 12.3 Å². The Labute approximate surface area is 144 Å². The summed E-state index contributed by atoms with van der Waals surface area (Å²) in [7, 11) is 0. The molecule has 4 nitrogen and oxygen atoms in total. The lowest BCUT2D eigenvalue weighted by molar-refractivity contribution is 0.0947. The first-order chi connectivity index (χ1) is 11.4. The van der Waals surface area contributed by atoms with Gasteiger partial charge in [0.25, 0.3) is 11.5 Å². The van der Waals surface area contributed by atoms with E-state index in [1.165, 1.54) is 10.6 Å². The van der Waals surface area contributed by atoms with Crippen LogP contribution >= 0.6 is 15.9 Å². The number of nitrogens with zero attached hydrogens (tertiary/aromatic N) is 1. The summed E-state index contributed by atoms with van der Waals surface area (Å²) in [6, 6.07) is 4.68. The van der Waals surface area contributed by atoms with Gasteiger partial charge in [-0.25, -0.2) is 13.2 Å². The van der Waals surface area contributed by atoms with Crippen molar-refractivity contribution in [1.29, 1.82) is 0 Å². The lowest BCUT2D eigenvalue weighted by atomic mass is 10.2. The van der Waals surface area contributed by atoms with E-state index in [2.05, 4.69) is 21.2 Å². The number of aromatic nitrogens is 1. The normalized spacial score (nSPS) is 10.7. The van der Waals surface area contributed by atoms with E-state index in [9.17, 15) is 22.8 Å². The summed E-state index contributed by atoms with van der Waals surface area (Å²) in [5.74, 6) is -5.33. The van der Waals surface area contributed by atoms with Crippen LogP contribution in [0.5, 0.6) is 0 Å². The van der Waals surface area contributed by atoms with Crippen molar-refractivity contribution >= 4 is 21.8 Å². The summed E-state index contributed by atoms with van der Waals surface area (Å²) in [6.45, 7) is 0.688. The molecular weight excluding hydrogens is 389 g/mol. The zero-order valence-electron chi connectivity index (χ0n) is 12.5. The first-order valence-electron chi connectivity index (χ1n) is 7.18. The number of rotatable bonds is 6. The van der Waals surface area contributed by atoms with E-state index in [4.69, 9.17) is 0 Å². The van der Waals surface area contributed by atoms with Crippen LogP contribution in [-0.4, -0.2) is 17.0 Å². The summed E-state index contributed by atoms with van der Waals surface area (Å²) < 4.78 is 41.7. The van der Waals surface area contributed by atoms with Crippen molar-refractivity contribution in [1.82, 2.24) is 9.88 Å². The Morgan fingerprint density at radius 2 is 1.83 bits per heavy atom. The summed E-state index contributed by atoms with van der Waals surface area (Å²) in [6.07, 6.45) is 2.81. The van der Waals surface area contributed by atoms with Crippen LogP contribution in [0.15, 0.2) is 39.7 Å². The molecular formula is C16H14BrF3N2O2. The van der Waals surface area contributed by atoms with E-state index < -0.39 is 28.9 Å². The van der Waals surface area contributed by atoms with Crippen molar-refractivity contribution in [3.8, 4) is 0 Å². The molecule has 1 heterocycles. The van der Waals surface area contributed by atoms with Gasteiger partial charge >= 0.3 is 0 Å². The Morgan fingerprint density at radius 1 is 1.08 bits per heavy atom. The maximum atomic E-state index is 13.5. The van der Waals surface area contributed by atoms with Gasteiger partial charge in [0.15, 0.2) is 17.5 Å². The van der Waals surface area contributed by atoms with Crippen molar-refractivity contribution < 1.29 is 18.0 Å². The second kappa shape index (κ2) is 8.14. The molecule has 0 fully saturated rings. The summed E-state index contributed by atoms with van der Waals surface area (Å²) >= 11 is 3.27. The minimum atomic E-state index is -1.67.